The van der Waals surface area contributed by atoms with Crippen LogP contribution in [0.5, 0.6) is 11.5 Å². The Bertz CT molecular complexity index is 3620. The summed E-state index contributed by atoms with van der Waals surface area (Å²) < 4.78 is 8.87. The quantitative estimate of drug-likeness (QED) is 0.177. The van der Waals surface area contributed by atoms with E-state index in [-0.39, 0.29) is 0 Å². The number of hydrogen-bond acceptors (Lipinski definition) is 2. The first-order valence-corrected chi connectivity index (χ1v) is 21.4. The van der Waals surface area contributed by atoms with Gasteiger partial charge in [-0.15, -0.1) is 0 Å². The first-order valence-electron chi connectivity index (χ1n) is 21.4. The molecule has 0 radical (unpaired) electrons. The summed E-state index contributed by atoms with van der Waals surface area (Å²) in [5.74, 6) is 1.75. The molecule has 0 atom stereocenters. The number of hydrogen-bond donors (Lipinski definition) is 0. The third-order valence-electron chi connectivity index (χ3n) is 13.8. The van der Waals surface area contributed by atoms with Crippen LogP contribution < -0.4 is 9.64 Å². The van der Waals surface area contributed by atoms with Crippen molar-refractivity contribution in [3.63, 3.8) is 0 Å². The minimum atomic E-state index is -0.433. The fraction of sp³-hybridized carbons (Fsp3) is 0.0169. The van der Waals surface area contributed by atoms with Gasteiger partial charge in [0, 0.05) is 33.4 Å². The Hall–Kier alpha value is -8.14. The molecular formula is C59H36N2O. The summed E-state index contributed by atoms with van der Waals surface area (Å²) in [5.41, 5.74) is 19.2. The van der Waals surface area contributed by atoms with Crippen LogP contribution in [-0.4, -0.2) is 4.57 Å². The Balaban J connectivity index is 0.978. The average molecular weight is 789 g/mol. The zero-order valence-corrected chi connectivity index (χ0v) is 33.6. The Labute approximate surface area is 359 Å². The first kappa shape index (κ1) is 33.7. The van der Waals surface area contributed by atoms with Crippen molar-refractivity contribution < 1.29 is 4.74 Å². The monoisotopic (exact) mass is 788 g/mol. The van der Waals surface area contributed by atoms with Gasteiger partial charge >= 0.3 is 0 Å². The summed E-state index contributed by atoms with van der Waals surface area (Å²) in [7, 11) is 0. The molecule has 62 heavy (non-hydrogen) atoms. The molecule has 14 rings (SSSR count). The second-order valence-electron chi connectivity index (χ2n) is 16.8. The molecular weight excluding hydrogens is 753 g/mol. The van der Waals surface area contributed by atoms with Gasteiger partial charge in [0.15, 0.2) is 11.5 Å². The number of anilines is 3. The Morgan fingerprint density at radius 3 is 1.63 bits per heavy atom. The predicted octanol–water partition coefficient (Wildman–Crippen LogP) is 15.5. The summed E-state index contributed by atoms with van der Waals surface area (Å²) in [4.78, 5) is 2.44. The lowest BCUT2D eigenvalue weighted by molar-refractivity contribution is 0.476. The lowest BCUT2D eigenvalue weighted by Gasteiger charge is -2.32. The van der Waals surface area contributed by atoms with Crippen molar-refractivity contribution in [1.82, 2.24) is 4.57 Å². The Morgan fingerprint density at radius 1 is 0.355 bits per heavy atom. The van der Waals surface area contributed by atoms with Gasteiger partial charge in [0.2, 0.25) is 0 Å². The molecule has 0 saturated carbocycles. The number of ether oxygens (including phenoxy) is 1. The maximum Gasteiger partial charge on any atom is 0.152 e. The van der Waals surface area contributed by atoms with E-state index in [1.807, 2.05) is 6.07 Å². The van der Waals surface area contributed by atoms with Crippen LogP contribution in [0.1, 0.15) is 22.3 Å². The van der Waals surface area contributed by atoms with Gasteiger partial charge in [0.1, 0.15) is 0 Å². The van der Waals surface area contributed by atoms with E-state index in [4.69, 9.17) is 4.74 Å². The molecule has 0 bridgehead atoms. The Morgan fingerprint density at radius 2 is 0.887 bits per heavy atom. The van der Waals surface area contributed by atoms with E-state index in [2.05, 4.69) is 222 Å². The van der Waals surface area contributed by atoms with Crippen LogP contribution in [0.15, 0.2) is 218 Å². The molecule has 11 aromatic rings. The molecule has 1 aliphatic heterocycles. The molecule has 3 nitrogen and oxygen atoms in total. The van der Waals surface area contributed by atoms with E-state index in [1.165, 1.54) is 77.1 Å². The highest BCUT2D eigenvalue weighted by Crippen LogP contribution is 2.63. The van der Waals surface area contributed by atoms with Crippen LogP contribution in [0.2, 0.25) is 0 Å². The topological polar surface area (TPSA) is 17.4 Å². The van der Waals surface area contributed by atoms with Crippen LogP contribution in [0.4, 0.5) is 17.1 Å². The van der Waals surface area contributed by atoms with Gasteiger partial charge in [-0.25, -0.2) is 0 Å². The lowest BCUT2D eigenvalue weighted by Crippen LogP contribution is -2.26. The molecule has 3 aliphatic rings. The largest absolute Gasteiger partial charge is 0.453 e. The number of fused-ring (bicyclic) bond motifs is 16. The SMILES string of the molecule is c1ccc2c(c1)Oc1cccc3c4cccc(-c5ccc(N(c6ccc7c(c6)C6(c8ccccc8-c8ccccc86)c6ccccc6-7)c6ccc7ccccc7c6)cc5)c4n-2c13. The first-order chi connectivity index (χ1) is 30.8. The fourth-order valence-electron chi connectivity index (χ4n) is 11.3. The fourth-order valence-corrected chi connectivity index (χ4v) is 11.3. The van der Waals surface area contributed by atoms with E-state index in [0.29, 0.717) is 0 Å². The van der Waals surface area contributed by atoms with Gasteiger partial charge in [0.25, 0.3) is 0 Å². The van der Waals surface area contributed by atoms with E-state index in [1.54, 1.807) is 0 Å². The summed E-state index contributed by atoms with van der Waals surface area (Å²) in [6.45, 7) is 0. The molecule has 0 saturated heterocycles. The second kappa shape index (κ2) is 12.4. The molecule has 1 spiro atoms. The zero-order chi connectivity index (χ0) is 40.5. The maximum absolute atomic E-state index is 6.46. The van der Waals surface area contributed by atoms with Crippen molar-refractivity contribution in [2.75, 3.05) is 4.90 Å². The molecule has 2 aliphatic carbocycles. The van der Waals surface area contributed by atoms with Crippen molar-refractivity contribution in [1.29, 1.82) is 0 Å². The summed E-state index contributed by atoms with van der Waals surface area (Å²) in [6, 6.07) is 80.4. The average Bonchev–Trinajstić information content (AvgIpc) is 3.95. The molecule has 2 heterocycles. The molecule has 0 fully saturated rings. The summed E-state index contributed by atoms with van der Waals surface area (Å²) in [5, 5.41) is 4.84. The minimum absolute atomic E-state index is 0.433. The van der Waals surface area contributed by atoms with Crippen molar-refractivity contribution in [3.05, 3.63) is 241 Å². The van der Waals surface area contributed by atoms with Crippen LogP contribution in [0.25, 0.3) is 71.6 Å². The number of benzene rings is 10. The summed E-state index contributed by atoms with van der Waals surface area (Å²) >= 11 is 0. The normalized spacial score (nSPS) is 13.4. The number of para-hydroxylation sites is 4. The van der Waals surface area contributed by atoms with E-state index >= 15 is 0 Å². The standard InChI is InChI=1S/C59H36N2O/c1-2-14-39-35-41(32-27-37(39)13-1)60(42-33-34-47-46-17-5-8-23-52(46)59(53(47)36-42)50-21-6-3-15-44(50)45-16-4-7-22-51(45)59)40-30-28-38(29-31-40)43-18-11-19-48-49-20-12-26-56-58(49)61(57(43)48)54-24-9-10-25-55(54)62-56/h1-36H. The third kappa shape index (κ3) is 4.39. The van der Waals surface area contributed by atoms with E-state index in [0.717, 1.165) is 45.3 Å². The van der Waals surface area contributed by atoms with Crippen molar-refractivity contribution in [3.8, 4) is 50.6 Å². The molecule has 0 amide bonds. The summed E-state index contributed by atoms with van der Waals surface area (Å²) in [6.07, 6.45) is 0. The Kier molecular flexibility index (Phi) is 6.76. The van der Waals surface area contributed by atoms with Gasteiger partial charge < -0.3 is 14.2 Å². The van der Waals surface area contributed by atoms with E-state index in [9.17, 15) is 0 Å². The van der Waals surface area contributed by atoms with Gasteiger partial charge in [-0.3, -0.25) is 0 Å². The third-order valence-corrected chi connectivity index (χ3v) is 13.8. The number of rotatable bonds is 4. The van der Waals surface area contributed by atoms with Crippen molar-refractivity contribution in [2.45, 2.75) is 5.41 Å². The molecule has 0 N–H and O–H groups in total. The smallest absolute Gasteiger partial charge is 0.152 e. The molecule has 3 heteroatoms. The minimum Gasteiger partial charge on any atom is -0.453 e. The van der Waals surface area contributed by atoms with Gasteiger partial charge in [-0.2, -0.15) is 0 Å². The highest BCUT2D eigenvalue weighted by molar-refractivity contribution is 6.16. The van der Waals surface area contributed by atoms with Gasteiger partial charge in [0.05, 0.1) is 22.1 Å². The van der Waals surface area contributed by atoms with Crippen molar-refractivity contribution in [2.24, 2.45) is 0 Å². The molecule has 0 unspecified atom stereocenters. The van der Waals surface area contributed by atoms with Gasteiger partial charge in [-0.1, -0.05) is 164 Å². The zero-order valence-electron chi connectivity index (χ0n) is 33.6. The highest BCUT2D eigenvalue weighted by Gasteiger charge is 2.51. The lowest BCUT2D eigenvalue weighted by atomic mass is 9.70. The van der Waals surface area contributed by atoms with E-state index < -0.39 is 5.41 Å². The predicted molar refractivity (Wildman–Crippen MR) is 255 cm³/mol. The molecule has 288 valence electrons. The van der Waals surface area contributed by atoms with Crippen LogP contribution in [0, 0.1) is 0 Å². The van der Waals surface area contributed by atoms with Crippen LogP contribution >= 0.6 is 0 Å². The maximum atomic E-state index is 6.46. The molecule has 1 aromatic heterocycles. The van der Waals surface area contributed by atoms with Gasteiger partial charge in [-0.05, 0) is 115 Å². The highest BCUT2D eigenvalue weighted by atomic mass is 16.5. The number of aromatic nitrogens is 1. The van der Waals surface area contributed by atoms with Crippen LogP contribution in [-0.2, 0) is 5.41 Å². The molecule has 10 aromatic carbocycles. The number of nitrogens with zero attached hydrogens (tertiary/aromatic N) is 2. The van der Waals surface area contributed by atoms with Crippen LogP contribution in [0.3, 0.4) is 0 Å². The van der Waals surface area contributed by atoms with Crippen molar-refractivity contribution >= 4 is 49.6 Å². The second-order valence-corrected chi connectivity index (χ2v) is 16.8.